The van der Waals surface area contributed by atoms with Crippen LogP contribution < -0.4 is 4.74 Å². The molecule has 0 fully saturated rings. The highest BCUT2D eigenvalue weighted by atomic mass is 127. The van der Waals surface area contributed by atoms with Gasteiger partial charge in [-0.1, -0.05) is 12.1 Å². The fraction of sp³-hybridized carbons (Fsp3) is 0.133. The molecule has 2 aromatic rings. The molecular weight excluding hydrogens is 339 g/mol. The van der Waals surface area contributed by atoms with E-state index >= 15 is 0 Å². The van der Waals surface area contributed by atoms with Crippen molar-refractivity contribution < 1.29 is 9.53 Å². The second-order valence-corrected chi connectivity index (χ2v) is 5.15. The highest BCUT2D eigenvalue weighted by Crippen LogP contribution is 2.22. The average Bonchev–Trinajstić information content (AvgIpc) is 2.38. The lowest BCUT2D eigenvalue weighted by molar-refractivity contribution is 0.103. The van der Waals surface area contributed by atoms with Gasteiger partial charge in [0.15, 0.2) is 5.78 Å². The zero-order valence-electron chi connectivity index (χ0n) is 10.2. The molecule has 0 radical (unpaired) electrons. The Labute approximate surface area is 120 Å². The first kappa shape index (κ1) is 13.1. The van der Waals surface area contributed by atoms with Gasteiger partial charge in [0.2, 0.25) is 0 Å². The molecule has 0 spiro atoms. The number of ether oxygens (including phenoxy) is 1. The number of rotatable bonds is 3. The van der Waals surface area contributed by atoms with Crippen LogP contribution in [0, 0.1) is 10.5 Å². The number of hydrogen-bond donors (Lipinski definition) is 0. The molecule has 0 N–H and O–H groups in total. The minimum absolute atomic E-state index is 0.0557. The van der Waals surface area contributed by atoms with E-state index in [1.165, 1.54) is 0 Å². The van der Waals surface area contributed by atoms with Gasteiger partial charge >= 0.3 is 0 Å². The first-order chi connectivity index (χ1) is 8.63. The molecule has 0 aliphatic rings. The fourth-order valence-electron chi connectivity index (χ4n) is 1.81. The molecule has 0 aromatic heterocycles. The fourth-order valence-corrected chi connectivity index (χ4v) is 2.44. The summed E-state index contributed by atoms with van der Waals surface area (Å²) in [5, 5.41) is 0. The van der Waals surface area contributed by atoms with E-state index in [-0.39, 0.29) is 5.78 Å². The lowest BCUT2D eigenvalue weighted by atomic mass is 9.99. The monoisotopic (exact) mass is 352 g/mol. The predicted molar refractivity (Wildman–Crippen MR) is 80.3 cm³/mol. The third-order valence-electron chi connectivity index (χ3n) is 2.80. The first-order valence-electron chi connectivity index (χ1n) is 5.57. The molecular formula is C15H13IO2. The van der Waals surface area contributed by atoms with Crippen molar-refractivity contribution in [2.45, 2.75) is 6.92 Å². The van der Waals surface area contributed by atoms with Crippen molar-refractivity contribution in [2.75, 3.05) is 7.11 Å². The minimum atomic E-state index is 0.0557. The maximum Gasteiger partial charge on any atom is 0.194 e. The van der Waals surface area contributed by atoms with Gasteiger partial charge in [-0.2, -0.15) is 0 Å². The number of carbonyl (C=O) groups excluding carboxylic acids is 1. The van der Waals surface area contributed by atoms with Gasteiger partial charge in [-0.15, -0.1) is 0 Å². The number of ketones is 1. The Bertz CT molecular complexity index is 591. The molecule has 0 heterocycles. The Kier molecular flexibility index (Phi) is 4.01. The summed E-state index contributed by atoms with van der Waals surface area (Å²) >= 11 is 2.18. The van der Waals surface area contributed by atoms with Crippen molar-refractivity contribution in [3.63, 3.8) is 0 Å². The molecule has 2 nitrogen and oxygen atoms in total. The molecule has 0 saturated heterocycles. The normalized spacial score (nSPS) is 10.2. The van der Waals surface area contributed by atoms with E-state index in [1.807, 2.05) is 49.4 Å². The summed E-state index contributed by atoms with van der Waals surface area (Å²) in [5.41, 5.74) is 2.39. The predicted octanol–water partition coefficient (Wildman–Crippen LogP) is 3.84. The lowest BCUT2D eigenvalue weighted by Crippen LogP contribution is -2.05. The molecule has 0 bridgehead atoms. The summed E-state index contributed by atoms with van der Waals surface area (Å²) in [5.74, 6) is 0.826. The highest BCUT2D eigenvalue weighted by molar-refractivity contribution is 14.1. The molecule has 3 heteroatoms. The Balaban J connectivity index is 2.44. The number of carbonyl (C=O) groups is 1. The standard InChI is InChI=1S/C15H13IO2/c1-10-9-11(18-2)7-8-12(10)15(17)13-5-3-4-6-14(13)16/h3-9H,1-2H3. The Morgan fingerprint density at radius 2 is 1.83 bits per heavy atom. The number of methoxy groups -OCH3 is 1. The van der Waals surface area contributed by atoms with Crippen molar-refractivity contribution in [2.24, 2.45) is 0 Å². The molecule has 0 amide bonds. The van der Waals surface area contributed by atoms with Crippen LogP contribution in [0.5, 0.6) is 5.75 Å². The van der Waals surface area contributed by atoms with Crippen LogP contribution >= 0.6 is 22.6 Å². The van der Waals surface area contributed by atoms with Crippen LogP contribution in [0.1, 0.15) is 21.5 Å². The van der Waals surface area contributed by atoms with Gasteiger partial charge < -0.3 is 4.74 Å². The van der Waals surface area contributed by atoms with E-state index in [2.05, 4.69) is 22.6 Å². The number of aryl methyl sites for hydroxylation is 1. The van der Waals surface area contributed by atoms with Crippen LogP contribution in [0.4, 0.5) is 0 Å². The summed E-state index contributed by atoms with van der Waals surface area (Å²) in [7, 11) is 1.62. The van der Waals surface area contributed by atoms with Gasteiger partial charge in [0.25, 0.3) is 0 Å². The molecule has 0 aliphatic carbocycles. The average molecular weight is 352 g/mol. The van der Waals surface area contributed by atoms with Gasteiger partial charge in [0, 0.05) is 14.7 Å². The molecule has 0 atom stereocenters. The summed E-state index contributed by atoms with van der Waals surface area (Å²) in [6, 6.07) is 13.1. The third kappa shape index (κ3) is 2.56. The van der Waals surface area contributed by atoms with Crippen LogP contribution in [0.15, 0.2) is 42.5 Å². The van der Waals surface area contributed by atoms with E-state index in [1.54, 1.807) is 7.11 Å². The summed E-state index contributed by atoms with van der Waals surface area (Å²) < 4.78 is 6.11. The van der Waals surface area contributed by atoms with Crippen molar-refractivity contribution in [1.29, 1.82) is 0 Å². The molecule has 0 aliphatic heterocycles. The van der Waals surface area contributed by atoms with Crippen molar-refractivity contribution in [1.82, 2.24) is 0 Å². The van der Waals surface area contributed by atoms with E-state index in [0.29, 0.717) is 0 Å². The maximum atomic E-state index is 12.4. The Morgan fingerprint density at radius 3 is 2.44 bits per heavy atom. The van der Waals surface area contributed by atoms with Crippen LogP contribution in [0.2, 0.25) is 0 Å². The van der Waals surface area contributed by atoms with Crippen LogP contribution in [0.3, 0.4) is 0 Å². The zero-order valence-corrected chi connectivity index (χ0v) is 12.4. The molecule has 92 valence electrons. The van der Waals surface area contributed by atoms with E-state index in [9.17, 15) is 4.79 Å². The molecule has 0 unspecified atom stereocenters. The SMILES string of the molecule is COc1ccc(C(=O)c2ccccc2I)c(C)c1. The largest absolute Gasteiger partial charge is 0.497 e. The van der Waals surface area contributed by atoms with Crippen molar-refractivity contribution in [3.8, 4) is 5.75 Å². The summed E-state index contributed by atoms with van der Waals surface area (Å²) in [6.45, 7) is 1.92. The summed E-state index contributed by atoms with van der Waals surface area (Å²) in [4.78, 5) is 12.4. The van der Waals surface area contributed by atoms with Gasteiger partial charge in [0.1, 0.15) is 5.75 Å². The quantitative estimate of drug-likeness (QED) is 0.620. The smallest absolute Gasteiger partial charge is 0.194 e. The van der Waals surface area contributed by atoms with Crippen molar-refractivity contribution >= 4 is 28.4 Å². The highest BCUT2D eigenvalue weighted by Gasteiger charge is 2.14. The second kappa shape index (κ2) is 5.52. The second-order valence-electron chi connectivity index (χ2n) is 3.99. The van der Waals surface area contributed by atoms with Gasteiger partial charge in [0.05, 0.1) is 7.11 Å². The van der Waals surface area contributed by atoms with Crippen LogP contribution in [-0.4, -0.2) is 12.9 Å². The van der Waals surface area contributed by atoms with Crippen molar-refractivity contribution in [3.05, 3.63) is 62.7 Å². The Morgan fingerprint density at radius 1 is 1.11 bits per heavy atom. The lowest BCUT2D eigenvalue weighted by Gasteiger charge is -2.08. The molecule has 2 aromatic carbocycles. The first-order valence-corrected chi connectivity index (χ1v) is 6.65. The number of benzene rings is 2. The van der Waals surface area contributed by atoms with Gasteiger partial charge in [-0.25, -0.2) is 0 Å². The van der Waals surface area contributed by atoms with Crippen LogP contribution in [0.25, 0.3) is 0 Å². The van der Waals surface area contributed by atoms with Gasteiger partial charge in [-0.05, 0) is 65.4 Å². The van der Waals surface area contributed by atoms with E-state index < -0.39 is 0 Å². The number of hydrogen-bond acceptors (Lipinski definition) is 2. The minimum Gasteiger partial charge on any atom is -0.497 e. The van der Waals surface area contributed by atoms with Gasteiger partial charge in [-0.3, -0.25) is 4.79 Å². The topological polar surface area (TPSA) is 26.3 Å². The summed E-state index contributed by atoms with van der Waals surface area (Å²) in [6.07, 6.45) is 0. The van der Waals surface area contributed by atoms with E-state index in [0.717, 1.165) is 26.0 Å². The molecule has 2 rings (SSSR count). The Hall–Kier alpha value is -1.36. The molecule has 18 heavy (non-hydrogen) atoms. The number of halogens is 1. The van der Waals surface area contributed by atoms with E-state index in [4.69, 9.17) is 4.74 Å². The third-order valence-corrected chi connectivity index (χ3v) is 3.74. The zero-order chi connectivity index (χ0) is 13.1. The maximum absolute atomic E-state index is 12.4. The molecule has 0 saturated carbocycles. The van der Waals surface area contributed by atoms with Crippen LogP contribution in [-0.2, 0) is 0 Å².